The van der Waals surface area contributed by atoms with Gasteiger partial charge in [-0.25, -0.2) is 4.68 Å². The summed E-state index contributed by atoms with van der Waals surface area (Å²) in [6, 6.07) is 9.29. The summed E-state index contributed by atoms with van der Waals surface area (Å²) >= 11 is 0. The molecule has 0 atom stereocenters. The lowest BCUT2D eigenvalue weighted by atomic mass is 9.93. The van der Waals surface area contributed by atoms with E-state index in [-0.39, 0.29) is 11.8 Å². The van der Waals surface area contributed by atoms with Gasteiger partial charge in [0.15, 0.2) is 0 Å². The largest absolute Gasteiger partial charge is 0.314 e. The number of amides is 2. The molecule has 5 rings (SSSR count). The van der Waals surface area contributed by atoms with E-state index < -0.39 is 0 Å². The van der Waals surface area contributed by atoms with Gasteiger partial charge in [0.05, 0.1) is 23.6 Å². The topological polar surface area (TPSA) is 83.4 Å². The van der Waals surface area contributed by atoms with Crippen LogP contribution in [0.25, 0.3) is 16.5 Å². The average Bonchev–Trinajstić information content (AvgIpc) is 3.27. The van der Waals surface area contributed by atoms with E-state index in [4.69, 9.17) is 0 Å². The molecule has 1 aromatic heterocycles. The molecule has 3 heterocycles. The molecule has 3 aromatic rings. The number of piperazine rings is 1. The van der Waals surface area contributed by atoms with E-state index in [0.717, 1.165) is 42.6 Å². The minimum Gasteiger partial charge on any atom is -0.314 e. The summed E-state index contributed by atoms with van der Waals surface area (Å²) in [6.45, 7) is 4.81. The normalized spacial score (nSPS) is 17.5. The fraction of sp³-hybridized carbons (Fsp3) is 0.300. The van der Waals surface area contributed by atoms with Crippen molar-refractivity contribution in [3.63, 3.8) is 0 Å². The van der Waals surface area contributed by atoms with E-state index in [2.05, 4.69) is 20.5 Å². The number of rotatable bonds is 4. The first-order valence-electron chi connectivity index (χ1n) is 9.45. The molecule has 28 heavy (non-hydrogen) atoms. The molecule has 2 aliphatic heterocycles. The maximum atomic E-state index is 13.2. The molecule has 0 radical (unpaired) electrons. The van der Waals surface area contributed by atoms with Crippen LogP contribution in [0.5, 0.6) is 0 Å². The van der Waals surface area contributed by atoms with Crippen LogP contribution in [0.1, 0.15) is 20.7 Å². The first-order chi connectivity index (χ1) is 13.7. The zero-order valence-corrected chi connectivity index (χ0v) is 15.3. The van der Waals surface area contributed by atoms with Crippen LogP contribution < -0.4 is 5.32 Å². The summed E-state index contributed by atoms with van der Waals surface area (Å²) in [6.07, 6.45) is 3.33. The monoisotopic (exact) mass is 376 g/mol. The number of nitrogens with zero attached hydrogens (tertiary/aromatic N) is 5. The summed E-state index contributed by atoms with van der Waals surface area (Å²) in [7, 11) is 0. The van der Waals surface area contributed by atoms with Gasteiger partial charge in [0.25, 0.3) is 11.8 Å². The van der Waals surface area contributed by atoms with Crippen LogP contribution >= 0.6 is 0 Å². The Balaban J connectivity index is 1.53. The van der Waals surface area contributed by atoms with Gasteiger partial charge in [-0.15, -0.1) is 5.10 Å². The van der Waals surface area contributed by atoms with Gasteiger partial charge in [-0.1, -0.05) is 17.3 Å². The number of aromatic nitrogens is 3. The van der Waals surface area contributed by atoms with Crippen LogP contribution in [-0.2, 0) is 0 Å². The molecule has 0 bridgehead atoms. The highest BCUT2D eigenvalue weighted by Gasteiger charge is 2.33. The van der Waals surface area contributed by atoms with E-state index in [0.29, 0.717) is 24.2 Å². The summed E-state index contributed by atoms with van der Waals surface area (Å²) in [5.41, 5.74) is 1.87. The third-order valence-electron chi connectivity index (χ3n) is 5.45. The second-order valence-electron chi connectivity index (χ2n) is 7.10. The van der Waals surface area contributed by atoms with Crippen LogP contribution in [0, 0.1) is 0 Å². The number of imide groups is 1. The molecular formula is C20H20N6O2. The number of hydrogen-bond donors (Lipinski definition) is 1. The molecule has 142 valence electrons. The van der Waals surface area contributed by atoms with Crippen molar-refractivity contribution in [1.29, 1.82) is 0 Å². The molecular weight excluding hydrogens is 356 g/mol. The van der Waals surface area contributed by atoms with Crippen LogP contribution in [-0.4, -0.2) is 75.9 Å². The van der Waals surface area contributed by atoms with Gasteiger partial charge < -0.3 is 5.32 Å². The number of nitrogens with one attached hydrogen (secondary N) is 1. The Morgan fingerprint density at radius 2 is 1.82 bits per heavy atom. The molecule has 0 saturated carbocycles. The molecule has 8 heteroatoms. The van der Waals surface area contributed by atoms with Crippen molar-refractivity contribution in [1.82, 2.24) is 30.1 Å². The van der Waals surface area contributed by atoms with E-state index in [1.165, 1.54) is 4.90 Å². The number of hydrogen-bond acceptors (Lipinski definition) is 6. The predicted octanol–water partition coefficient (Wildman–Crippen LogP) is 0.922. The second kappa shape index (κ2) is 6.81. The lowest BCUT2D eigenvalue weighted by Gasteiger charge is -2.32. The molecule has 2 aromatic carbocycles. The average molecular weight is 376 g/mol. The molecule has 1 N–H and O–H groups in total. The van der Waals surface area contributed by atoms with E-state index in [1.807, 2.05) is 18.2 Å². The summed E-state index contributed by atoms with van der Waals surface area (Å²) in [5.74, 6) is -0.461. The Kier molecular flexibility index (Phi) is 4.14. The Labute approximate surface area is 161 Å². The highest BCUT2D eigenvalue weighted by Crippen LogP contribution is 2.32. The van der Waals surface area contributed by atoms with Crippen molar-refractivity contribution in [3.8, 4) is 5.69 Å². The van der Waals surface area contributed by atoms with E-state index in [9.17, 15) is 9.59 Å². The van der Waals surface area contributed by atoms with Crippen molar-refractivity contribution >= 4 is 22.6 Å². The van der Waals surface area contributed by atoms with Crippen molar-refractivity contribution in [2.75, 3.05) is 39.3 Å². The van der Waals surface area contributed by atoms with Gasteiger partial charge in [0.1, 0.15) is 0 Å². The highest BCUT2D eigenvalue weighted by atomic mass is 16.2. The summed E-state index contributed by atoms with van der Waals surface area (Å²) < 4.78 is 1.62. The minimum absolute atomic E-state index is 0.216. The first-order valence-corrected chi connectivity index (χ1v) is 9.45. The quantitative estimate of drug-likeness (QED) is 0.682. The van der Waals surface area contributed by atoms with Gasteiger partial charge in [-0.2, -0.15) is 0 Å². The molecule has 2 amide bonds. The van der Waals surface area contributed by atoms with Crippen LogP contribution in [0.15, 0.2) is 42.7 Å². The smallest absolute Gasteiger partial charge is 0.261 e. The molecule has 1 saturated heterocycles. The van der Waals surface area contributed by atoms with E-state index in [1.54, 1.807) is 29.2 Å². The predicted molar refractivity (Wildman–Crippen MR) is 104 cm³/mol. The Morgan fingerprint density at radius 1 is 1.00 bits per heavy atom. The van der Waals surface area contributed by atoms with Gasteiger partial charge in [-0.3, -0.25) is 19.4 Å². The minimum atomic E-state index is -0.245. The second-order valence-corrected chi connectivity index (χ2v) is 7.10. The number of carbonyl (C=O) groups excluding carboxylic acids is 2. The fourth-order valence-electron chi connectivity index (χ4n) is 4.00. The van der Waals surface area contributed by atoms with Crippen molar-refractivity contribution in [2.45, 2.75) is 0 Å². The Morgan fingerprint density at radius 3 is 2.61 bits per heavy atom. The molecule has 8 nitrogen and oxygen atoms in total. The fourth-order valence-corrected chi connectivity index (χ4v) is 4.00. The van der Waals surface area contributed by atoms with E-state index >= 15 is 0 Å². The van der Waals surface area contributed by atoms with Gasteiger partial charge in [-0.05, 0) is 23.6 Å². The maximum absolute atomic E-state index is 13.2. The summed E-state index contributed by atoms with van der Waals surface area (Å²) in [4.78, 5) is 29.9. The number of carbonyl (C=O) groups is 2. The molecule has 2 aliphatic rings. The van der Waals surface area contributed by atoms with Crippen LogP contribution in [0.4, 0.5) is 0 Å². The standard InChI is InChI=1S/C20H20N6O2/c27-19-16-3-1-2-14-12-15(26-9-6-22-23-26)13-17(18(14)16)20(28)25(19)11-10-24-7-4-21-5-8-24/h1-3,6,9,12-13,21H,4-5,7-8,10-11H2. The van der Waals surface area contributed by atoms with Gasteiger partial charge >= 0.3 is 0 Å². The van der Waals surface area contributed by atoms with Crippen molar-refractivity contribution in [2.24, 2.45) is 0 Å². The summed E-state index contributed by atoms with van der Waals surface area (Å²) in [5, 5.41) is 12.8. The first kappa shape index (κ1) is 17.0. The maximum Gasteiger partial charge on any atom is 0.261 e. The van der Waals surface area contributed by atoms with Gasteiger partial charge in [0, 0.05) is 50.2 Å². The molecule has 0 spiro atoms. The molecule has 0 aliphatic carbocycles. The Bertz CT molecular complexity index is 1060. The molecule has 0 unspecified atom stereocenters. The lowest BCUT2D eigenvalue weighted by molar-refractivity contribution is 0.0590. The van der Waals surface area contributed by atoms with Crippen molar-refractivity contribution in [3.05, 3.63) is 53.9 Å². The molecule has 1 fully saturated rings. The Hall–Kier alpha value is -3.10. The zero-order chi connectivity index (χ0) is 19.1. The third-order valence-corrected chi connectivity index (χ3v) is 5.45. The zero-order valence-electron chi connectivity index (χ0n) is 15.3. The SMILES string of the molecule is O=C1c2cccc3cc(-n4ccnn4)cc(c23)C(=O)N1CCN1CCNCC1. The third kappa shape index (κ3) is 2.78. The number of benzene rings is 2. The lowest BCUT2D eigenvalue weighted by Crippen LogP contribution is -2.49. The van der Waals surface area contributed by atoms with Gasteiger partial charge in [0.2, 0.25) is 0 Å². The highest BCUT2D eigenvalue weighted by molar-refractivity contribution is 6.25. The van der Waals surface area contributed by atoms with Crippen LogP contribution in [0.2, 0.25) is 0 Å². The van der Waals surface area contributed by atoms with Crippen molar-refractivity contribution < 1.29 is 9.59 Å². The van der Waals surface area contributed by atoms with Crippen LogP contribution in [0.3, 0.4) is 0 Å².